The van der Waals surface area contributed by atoms with Crippen LogP contribution in [0.5, 0.6) is 0 Å². The predicted octanol–water partition coefficient (Wildman–Crippen LogP) is 4.34. The third-order valence-corrected chi connectivity index (χ3v) is 3.60. The summed E-state index contributed by atoms with van der Waals surface area (Å²) in [5.41, 5.74) is 2.84. The van der Waals surface area contributed by atoms with Gasteiger partial charge in [-0.1, -0.05) is 41.4 Å². The van der Waals surface area contributed by atoms with Gasteiger partial charge >= 0.3 is 0 Å². The quantitative estimate of drug-likeness (QED) is 0.886. The number of amides is 1. The number of hydrogen-bond donors (Lipinski definition) is 1. The van der Waals surface area contributed by atoms with Crippen LogP contribution in [0.2, 0.25) is 5.02 Å². The molecule has 0 heterocycles. The van der Waals surface area contributed by atoms with Crippen LogP contribution in [0, 0.1) is 6.92 Å². The van der Waals surface area contributed by atoms with E-state index in [2.05, 4.69) is 27.3 Å². The van der Waals surface area contributed by atoms with Crippen molar-refractivity contribution >= 4 is 33.4 Å². The van der Waals surface area contributed by atoms with E-state index in [-0.39, 0.29) is 5.91 Å². The summed E-state index contributed by atoms with van der Waals surface area (Å²) < 4.78 is 0.696. The van der Waals surface area contributed by atoms with Crippen LogP contribution in [-0.4, -0.2) is 5.91 Å². The molecule has 4 heteroatoms. The van der Waals surface area contributed by atoms with Crippen molar-refractivity contribution in [2.75, 3.05) is 0 Å². The van der Waals surface area contributed by atoms with Gasteiger partial charge in [0.05, 0.1) is 5.56 Å². The largest absolute Gasteiger partial charge is 0.348 e. The number of aryl methyl sites for hydroxylation is 1. The highest BCUT2D eigenvalue weighted by molar-refractivity contribution is 9.10. The molecule has 0 aliphatic heterocycles. The topological polar surface area (TPSA) is 29.1 Å². The molecule has 2 nitrogen and oxygen atoms in total. The summed E-state index contributed by atoms with van der Waals surface area (Å²) in [6.45, 7) is 2.54. The van der Waals surface area contributed by atoms with Gasteiger partial charge in [-0.05, 0) is 46.6 Å². The van der Waals surface area contributed by atoms with Gasteiger partial charge < -0.3 is 5.32 Å². The fraction of sp³-hybridized carbons (Fsp3) is 0.133. The Morgan fingerprint density at radius 2 is 2.05 bits per heavy atom. The normalized spacial score (nSPS) is 10.3. The van der Waals surface area contributed by atoms with Crippen LogP contribution in [0.1, 0.15) is 21.5 Å². The number of rotatable bonds is 3. The van der Waals surface area contributed by atoms with Crippen molar-refractivity contribution in [3.8, 4) is 0 Å². The van der Waals surface area contributed by atoms with E-state index >= 15 is 0 Å². The van der Waals surface area contributed by atoms with Gasteiger partial charge in [0.25, 0.3) is 5.91 Å². The zero-order chi connectivity index (χ0) is 13.8. The Hall–Kier alpha value is -1.32. The summed E-state index contributed by atoms with van der Waals surface area (Å²) >= 11 is 9.19. The second-order valence-electron chi connectivity index (χ2n) is 4.30. The maximum Gasteiger partial charge on any atom is 0.252 e. The van der Waals surface area contributed by atoms with E-state index in [1.54, 1.807) is 18.2 Å². The molecule has 1 N–H and O–H groups in total. The van der Waals surface area contributed by atoms with E-state index in [1.807, 2.05) is 25.1 Å². The van der Waals surface area contributed by atoms with Gasteiger partial charge in [-0.15, -0.1) is 0 Å². The molecule has 0 saturated carbocycles. The third kappa shape index (κ3) is 3.82. The smallest absolute Gasteiger partial charge is 0.252 e. The molecule has 0 aliphatic carbocycles. The Morgan fingerprint density at radius 1 is 1.26 bits per heavy atom. The summed E-state index contributed by atoms with van der Waals surface area (Å²) in [5, 5.41) is 3.49. The minimum Gasteiger partial charge on any atom is -0.348 e. The highest BCUT2D eigenvalue weighted by Gasteiger charge is 2.09. The third-order valence-electron chi connectivity index (χ3n) is 2.71. The van der Waals surface area contributed by atoms with Gasteiger partial charge in [0.2, 0.25) is 0 Å². The fourth-order valence-corrected chi connectivity index (χ4v) is 2.64. The highest BCUT2D eigenvalue weighted by Crippen LogP contribution is 2.21. The Labute approximate surface area is 125 Å². The zero-order valence-electron chi connectivity index (χ0n) is 10.4. The van der Waals surface area contributed by atoms with Crippen LogP contribution >= 0.6 is 27.5 Å². The zero-order valence-corrected chi connectivity index (χ0v) is 12.8. The molecule has 1 amide bonds. The maximum atomic E-state index is 12.1. The van der Waals surface area contributed by atoms with Gasteiger partial charge in [0.1, 0.15) is 0 Å². The standard InChI is InChI=1S/C15H13BrClNO/c1-10-3-2-4-11(7-10)9-18-15(19)13-6-5-12(17)8-14(13)16/h2-8H,9H2,1H3,(H,18,19). The van der Waals surface area contributed by atoms with Crippen molar-refractivity contribution < 1.29 is 4.79 Å². The second-order valence-corrected chi connectivity index (χ2v) is 5.59. The molecule has 0 spiro atoms. The lowest BCUT2D eigenvalue weighted by Gasteiger charge is -2.08. The Morgan fingerprint density at radius 3 is 2.74 bits per heavy atom. The molecule has 0 saturated heterocycles. The molecule has 0 fully saturated rings. The minimum absolute atomic E-state index is 0.120. The first-order valence-corrected chi connectivity index (χ1v) is 7.02. The van der Waals surface area contributed by atoms with Crippen molar-refractivity contribution in [2.45, 2.75) is 13.5 Å². The van der Waals surface area contributed by atoms with E-state index in [0.717, 1.165) is 5.56 Å². The molecule has 98 valence electrons. The van der Waals surface area contributed by atoms with Gasteiger partial charge in [-0.25, -0.2) is 0 Å². The summed E-state index contributed by atoms with van der Waals surface area (Å²) in [6.07, 6.45) is 0. The first-order valence-electron chi connectivity index (χ1n) is 5.85. The van der Waals surface area contributed by atoms with Crippen molar-refractivity contribution in [1.82, 2.24) is 5.32 Å². The van der Waals surface area contributed by atoms with Crippen LogP contribution in [0.3, 0.4) is 0 Å². The molecular weight excluding hydrogens is 326 g/mol. The van der Waals surface area contributed by atoms with E-state index < -0.39 is 0 Å². The SMILES string of the molecule is Cc1cccc(CNC(=O)c2ccc(Cl)cc2Br)c1. The molecular formula is C15H13BrClNO. The van der Waals surface area contributed by atoms with Gasteiger partial charge in [0, 0.05) is 16.0 Å². The van der Waals surface area contributed by atoms with Crippen molar-refractivity contribution in [1.29, 1.82) is 0 Å². The number of benzene rings is 2. The monoisotopic (exact) mass is 337 g/mol. The lowest BCUT2D eigenvalue weighted by Crippen LogP contribution is -2.23. The van der Waals surface area contributed by atoms with E-state index in [1.165, 1.54) is 5.56 Å². The summed E-state index contributed by atoms with van der Waals surface area (Å²) in [6, 6.07) is 13.2. The number of nitrogens with one attached hydrogen (secondary N) is 1. The van der Waals surface area contributed by atoms with Crippen molar-refractivity contribution in [3.05, 3.63) is 68.7 Å². The van der Waals surface area contributed by atoms with Crippen LogP contribution in [0.4, 0.5) is 0 Å². The number of carbonyl (C=O) groups excluding carboxylic acids is 1. The highest BCUT2D eigenvalue weighted by atomic mass is 79.9. The summed E-state index contributed by atoms with van der Waals surface area (Å²) in [4.78, 5) is 12.1. The maximum absolute atomic E-state index is 12.1. The lowest BCUT2D eigenvalue weighted by molar-refractivity contribution is 0.0950. The van der Waals surface area contributed by atoms with Gasteiger partial charge in [-0.2, -0.15) is 0 Å². The number of hydrogen-bond acceptors (Lipinski definition) is 1. The van der Waals surface area contributed by atoms with Gasteiger partial charge in [-0.3, -0.25) is 4.79 Å². The number of carbonyl (C=O) groups is 1. The van der Waals surface area contributed by atoms with Crippen LogP contribution in [0.25, 0.3) is 0 Å². The molecule has 0 aliphatic rings. The van der Waals surface area contributed by atoms with Crippen LogP contribution < -0.4 is 5.32 Å². The van der Waals surface area contributed by atoms with Gasteiger partial charge in [0.15, 0.2) is 0 Å². The van der Waals surface area contributed by atoms with Crippen molar-refractivity contribution in [3.63, 3.8) is 0 Å². The molecule has 2 rings (SSSR count). The lowest BCUT2D eigenvalue weighted by atomic mass is 10.1. The molecule has 0 aromatic heterocycles. The summed E-state index contributed by atoms with van der Waals surface area (Å²) in [7, 11) is 0. The first-order chi connectivity index (χ1) is 9.06. The molecule has 0 unspecified atom stereocenters. The Kier molecular flexibility index (Phi) is 4.61. The molecule has 2 aromatic rings. The predicted molar refractivity (Wildman–Crippen MR) is 81.5 cm³/mol. The molecule has 0 atom stereocenters. The van der Waals surface area contributed by atoms with E-state index in [0.29, 0.717) is 21.6 Å². The first kappa shape index (κ1) is 14.1. The van der Waals surface area contributed by atoms with Crippen molar-refractivity contribution in [2.24, 2.45) is 0 Å². The average molecular weight is 339 g/mol. The van der Waals surface area contributed by atoms with Crippen LogP contribution in [0.15, 0.2) is 46.9 Å². The van der Waals surface area contributed by atoms with E-state index in [9.17, 15) is 4.79 Å². The number of halogens is 2. The Bertz CT molecular complexity index is 613. The van der Waals surface area contributed by atoms with E-state index in [4.69, 9.17) is 11.6 Å². The molecule has 19 heavy (non-hydrogen) atoms. The second kappa shape index (κ2) is 6.22. The average Bonchev–Trinajstić information content (AvgIpc) is 2.36. The Balaban J connectivity index is 2.05. The fourth-order valence-electron chi connectivity index (χ4n) is 1.77. The molecule has 2 aromatic carbocycles. The summed E-state index contributed by atoms with van der Waals surface area (Å²) in [5.74, 6) is -0.120. The molecule has 0 bridgehead atoms. The minimum atomic E-state index is -0.120. The molecule has 0 radical (unpaired) electrons. The van der Waals surface area contributed by atoms with Crippen LogP contribution in [-0.2, 0) is 6.54 Å².